The molecule has 6 rings (SSSR count). The van der Waals surface area contributed by atoms with Gasteiger partial charge in [-0.2, -0.15) is 15.5 Å². The minimum Gasteiger partial charge on any atom is -0.389 e. The van der Waals surface area contributed by atoms with Crippen molar-refractivity contribution in [2.75, 3.05) is 18.5 Å². The summed E-state index contributed by atoms with van der Waals surface area (Å²) < 4.78 is 7.09. The third-order valence-corrected chi connectivity index (χ3v) is 6.46. The highest BCUT2D eigenvalue weighted by atomic mass is 16.5. The Bertz CT molecular complexity index is 1640. The normalized spacial score (nSPS) is 14.3. The Hall–Kier alpha value is -4.66. The predicted octanol–water partition coefficient (Wildman–Crippen LogP) is 3.69. The summed E-state index contributed by atoms with van der Waals surface area (Å²) in [7, 11) is 0. The molecule has 0 spiro atoms. The Balaban J connectivity index is 1.33. The summed E-state index contributed by atoms with van der Waals surface area (Å²) in [5, 5.41) is 38.7. The van der Waals surface area contributed by atoms with Crippen molar-refractivity contribution in [1.29, 1.82) is 5.26 Å². The SMILES string of the molecule is Cc1[nH]nc(C#N)c1-c1nc(-n2cnc3cc(Nc4ccc(C5COC5)nn4)ccc32)ccc1[C@H](C)O. The molecule has 37 heavy (non-hydrogen) atoms. The molecule has 11 heteroatoms. The number of imidazole rings is 1. The molecule has 1 fully saturated rings. The first-order valence-corrected chi connectivity index (χ1v) is 11.8. The molecule has 3 N–H and O–H groups in total. The van der Waals surface area contributed by atoms with Gasteiger partial charge in [0, 0.05) is 22.9 Å². The van der Waals surface area contributed by atoms with Gasteiger partial charge >= 0.3 is 0 Å². The summed E-state index contributed by atoms with van der Waals surface area (Å²) >= 11 is 0. The molecule has 184 valence electrons. The molecule has 1 saturated heterocycles. The number of aryl methyl sites for hydroxylation is 1. The largest absolute Gasteiger partial charge is 0.389 e. The summed E-state index contributed by atoms with van der Waals surface area (Å²) in [6.07, 6.45) is 0.926. The second kappa shape index (κ2) is 9.09. The summed E-state index contributed by atoms with van der Waals surface area (Å²) in [5.74, 6) is 1.58. The fraction of sp³-hybridized carbons (Fsp3) is 0.231. The molecule has 1 aliphatic heterocycles. The number of hydrogen-bond acceptors (Lipinski definition) is 9. The van der Waals surface area contributed by atoms with Crippen LogP contribution in [0.25, 0.3) is 28.1 Å². The Morgan fingerprint density at radius 3 is 2.76 bits per heavy atom. The second-order valence-corrected chi connectivity index (χ2v) is 8.99. The van der Waals surface area contributed by atoms with E-state index in [2.05, 4.69) is 36.8 Å². The summed E-state index contributed by atoms with van der Waals surface area (Å²) in [6, 6.07) is 15.4. The fourth-order valence-corrected chi connectivity index (χ4v) is 4.39. The monoisotopic (exact) mass is 493 g/mol. The zero-order valence-electron chi connectivity index (χ0n) is 20.2. The van der Waals surface area contributed by atoms with Crippen LogP contribution in [-0.2, 0) is 4.74 Å². The number of nitriles is 1. The quantitative estimate of drug-likeness (QED) is 0.322. The van der Waals surface area contributed by atoms with Crippen LogP contribution in [0.15, 0.2) is 48.8 Å². The number of benzene rings is 1. The Labute approximate surface area is 211 Å². The van der Waals surface area contributed by atoms with Gasteiger partial charge < -0.3 is 15.2 Å². The second-order valence-electron chi connectivity index (χ2n) is 8.99. The molecule has 0 radical (unpaired) electrons. The van der Waals surface area contributed by atoms with Crippen LogP contribution in [0.4, 0.5) is 11.5 Å². The highest BCUT2D eigenvalue weighted by Crippen LogP contribution is 2.32. The number of nitrogens with one attached hydrogen (secondary N) is 2. The first kappa shape index (κ1) is 22.8. The van der Waals surface area contributed by atoms with Crippen molar-refractivity contribution in [3.8, 4) is 23.1 Å². The Morgan fingerprint density at radius 1 is 1.19 bits per heavy atom. The van der Waals surface area contributed by atoms with E-state index in [1.54, 1.807) is 13.3 Å². The molecule has 0 aliphatic carbocycles. The van der Waals surface area contributed by atoms with Gasteiger partial charge in [0.25, 0.3) is 0 Å². The van der Waals surface area contributed by atoms with Gasteiger partial charge in [0.1, 0.15) is 18.2 Å². The molecule has 5 aromatic rings. The van der Waals surface area contributed by atoms with Gasteiger partial charge in [-0.25, -0.2) is 9.97 Å². The molecule has 11 nitrogen and oxygen atoms in total. The van der Waals surface area contributed by atoms with Gasteiger partial charge in [-0.1, -0.05) is 6.07 Å². The number of ether oxygens (including phenoxy) is 1. The molecule has 4 aromatic heterocycles. The van der Waals surface area contributed by atoms with Crippen LogP contribution < -0.4 is 5.32 Å². The molecule has 0 bridgehead atoms. The minimum absolute atomic E-state index is 0.229. The first-order valence-electron chi connectivity index (χ1n) is 11.8. The van der Waals surface area contributed by atoms with E-state index in [0.717, 1.165) is 22.4 Å². The van der Waals surface area contributed by atoms with E-state index in [1.165, 1.54) is 0 Å². The number of nitrogens with zero attached hydrogens (tertiary/aromatic N) is 7. The van der Waals surface area contributed by atoms with Crippen LogP contribution in [0.1, 0.15) is 41.6 Å². The lowest BCUT2D eigenvalue weighted by molar-refractivity contribution is 0.00638. The van der Waals surface area contributed by atoms with Crippen LogP contribution >= 0.6 is 0 Å². The lowest BCUT2D eigenvalue weighted by Crippen LogP contribution is -2.26. The maximum atomic E-state index is 10.4. The van der Waals surface area contributed by atoms with Gasteiger partial charge in [0.2, 0.25) is 0 Å². The maximum absolute atomic E-state index is 10.4. The molecule has 5 heterocycles. The Kier molecular flexibility index (Phi) is 5.60. The molecule has 1 aliphatic rings. The Morgan fingerprint density at radius 2 is 2.05 bits per heavy atom. The fourth-order valence-electron chi connectivity index (χ4n) is 4.39. The van der Waals surface area contributed by atoms with Gasteiger partial charge in [-0.05, 0) is 50.2 Å². The lowest BCUT2D eigenvalue weighted by Gasteiger charge is -2.24. The first-order chi connectivity index (χ1) is 18.0. The van der Waals surface area contributed by atoms with Crippen molar-refractivity contribution >= 4 is 22.5 Å². The molecule has 0 unspecified atom stereocenters. The zero-order valence-corrected chi connectivity index (χ0v) is 20.2. The molecule has 0 saturated carbocycles. The van der Waals surface area contributed by atoms with Crippen molar-refractivity contribution in [3.63, 3.8) is 0 Å². The number of anilines is 2. The molecule has 1 aromatic carbocycles. The highest BCUT2D eigenvalue weighted by Gasteiger charge is 2.23. The average molecular weight is 494 g/mol. The van der Waals surface area contributed by atoms with E-state index in [-0.39, 0.29) is 5.69 Å². The van der Waals surface area contributed by atoms with Crippen LogP contribution in [0, 0.1) is 18.3 Å². The van der Waals surface area contributed by atoms with Crippen LogP contribution in [0.5, 0.6) is 0 Å². The van der Waals surface area contributed by atoms with Gasteiger partial charge in [-0.3, -0.25) is 9.67 Å². The predicted molar refractivity (Wildman–Crippen MR) is 135 cm³/mol. The molecular formula is C26H23N9O2. The zero-order chi connectivity index (χ0) is 25.5. The summed E-state index contributed by atoms with van der Waals surface area (Å²) in [6.45, 7) is 4.88. The van der Waals surface area contributed by atoms with Crippen LogP contribution in [0.2, 0.25) is 0 Å². The summed E-state index contributed by atoms with van der Waals surface area (Å²) in [5.41, 5.74) is 6.01. The number of aromatic amines is 1. The van der Waals surface area contributed by atoms with Gasteiger partial charge in [0.15, 0.2) is 11.5 Å². The number of fused-ring (bicyclic) bond motifs is 1. The van der Waals surface area contributed by atoms with E-state index >= 15 is 0 Å². The highest BCUT2D eigenvalue weighted by molar-refractivity contribution is 5.82. The van der Waals surface area contributed by atoms with E-state index in [9.17, 15) is 10.4 Å². The number of pyridine rings is 1. The number of aliphatic hydroxyl groups excluding tert-OH is 1. The third kappa shape index (κ3) is 4.08. The number of H-pyrrole nitrogens is 1. The minimum atomic E-state index is -0.773. The summed E-state index contributed by atoms with van der Waals surface area (Å²) in [4.78, 5) is 9.40. The van der Waals surface area contributed by atoms with E-state index < -0.39 is 6.10 Å². The van der Waals surface area contributed by atoms with Gasteiger partial charge in [-0.15, -0.1) is 5.10 Å². The molecule has 1 atom stereocenters. The van der Waals surface area contributed by atoms with Crippen molar-refractivity contribution in [2.24, 2.45) is 0 Å². The number of rotatable bonds is 6. The third-order valence-electron chi connectivity index (χ3n) is 6.46. The molecule has 0 amide bonds. The smallest absolute Gasteiger partial charge is 0.171 e. The number of aliphatic hydroxyl groups is 1. The number of aromatic nitrogens is 7. The van der Waals surface area contributed by atoms with E-state index in [4.69, 9.17) is 9.72 Å². The van der Waals surface area contributed by atoms with Crippen molar-refractivity contribution in [3.05, 3.63) is 71.4 Å². The van der Waals surface area contributed by atoms with E-state index in [1.807, 2.05) is 54.0 Å². The lowest BCUT2D eigenvalue weighted by atomic mass is 10.0. The van der Waals surface area contributed by atoms with Crippen molar-refractivity contribution < 1.29 is 9.84 Å². The van der Waals surface area contributed by atoms with Gasteiger partial charge in [0.05, 0.1) is 47.3 Å². The van der Waals surface area contributed by atoms with E-state index in [0.29, 0.717) is 53.3 Å². The topological polar surface area (TPSA) is 150 Å². The maximum Gasteiger partial charge on any atom is 0.171 e. The van der Waals surface area contributed by atoms with Crippen LogP contribution in [-0.4, -0.2) is 53.3 Å². The van der Waals surface area contributed by atoms with Crippen molar-refractivity contribution in [1.82, 2.24) is 34.9 Å². The standard InChI is InChI=1S/C26H23N9O2/c1-14-25(21(10-27)33-31-14)26-18(15(2)36)4-8-24(30-26)35-13-28-20-9-17(3-6-22(20)35)29-23-7-5-19(32-34-23)16-11-37-12-16/h3-9,13,15-16,36H,11-12H2,1-2H3,(H,29,34)(H,31,33)/t15-/m0/s1. The molecular weight excluding hydrogens is 470 g/mol. The van der Waals surface area contributed by atoms with Crippen LogP contribution in [0.3, 0.4) is 0 Å². The van der Waals surface area contributed by atoms with Crippen molar-refractivity contribution in [2.45, 2.75) is 25.9 Å². The average Bonchev–Trinajstić information content (AvgIpc) is 3.46. The number of hydrogen-bond donors (Lipinski definition) is 3.